The zero-order valence-corrected chi connectivity index (χ0v) is 13.6. The van der Waals surface area contributed by atoms with Gasteiger partial charge in [0.05, 0.1) is 6.04 Å². The van der Waals surface area contributed by atoms with Crippen LogP contribution in [0.3, 0.4) is 0 Å². The largest absolute Gasteiger partial charge is 0.349 e. The van der Waals surface area contributed by atoms with Crippen molar-refractivity contribution < 1.29 is 0 Å². The van der Waals surface area contributed by atoms with Gasteiger partial charge in [0.15, 0.2) is 0 Å². The van der Waals surface area contributed by atoms with E-state index in [4.69, 9.17) is 9.98 Å². The highest BCUT2D eigenvalue weighted by atomic mass is 15.4. The zero-order chi connectivity index (χ0) is 14.7. The van der Waals surface area contributed by atoms with Crippen LogP contribution < -0.4 is 0 Å². The van der Waals surface area contributed by atoms with Crippen molar-refractivity contribution in [2.45, 2.75) is 50.6 Å². The standard InChI is InChI=1S/C15H29N5/c1-18(2)15(19(3)4)17-14(16-12-8-6-9-12)20(5)13-10-7-11-13/h12-13H,6-11H2,1-5H3. The average molecular weight is 279 g/mol. The minimum Gasteiger partial charge on any atom is -0.349 e. The van der Waals surface area contributed by atoms with Crippen molar-refractivity contribution in [3.05, 3.63) is 0 Å². The Hall–Kier alpha value is -1.26. The highest BCUT2D eigenvalue weighted by Crippen LogP contribution is 2.26. The fourth-order valence-electron chi connectivity index (χ4n) is 2.50. The molecule has 114 valence electrons. The molecule has 5 nitrogen and oxygen atoms in total. The highest BCUT2D eigenvalue weighted by molar-refractivity contribution is 5.94. The van der Waals surface area contributed by atoms with E-state index in [1.165, 1.54) is 38.5 Å². The van der Waals surface area contributed by atoms with Crippen molar-refractivity contribution in [2.24, 2.45) is 9.98 Å². The molecule has 2 aliphatic rings. The predicted octanol–water partition coefficient (Wildman–Crippen LogP) is 1.86. The molecule has 0 atom stereocenters. The third kappa shape index (κ3) is 3.44. The number of hydrogen-bond donors (Lipinski definition) is 0. The Labute approximate surface area is 123 Å². The predicted molar refractivity (Wildman–Crippen MR) is 85.3 cm³/mol. The summed E-state index contributed by atoms with van der Waals surface area (Å²) in [4.78, 5) is 16.1. The van der Waals surface area contributed by atoms with Gasteiger partial charge in [0.25, 0.3) is 0 Å². The van der Waals surface area contributed by atoms with Crippen LogP contribution >= 0.6 is 0 Å². The fourth-order valence-corrected chi connectivity index (χ4v) is 2.50. The number of aliphatic imine (C=N–C) groups is 2. The molecule has 0 N–H and O–H groups in total. The van der Waals surface area contributed by atoms with Gasteiger partial charge in [-0.1, -0.05) is 0 Å². The van der Waals surface area contributed by atoms with Crippen LogP contribution in [0.15, 0.2) is 9.98 Å². The van der Waals surface area contributed by atoms with E-state index < -0.39 is 0 Å². The lowest BCUT2D eigenvalue weighted by Crippen LogP contribution is -2.44. The zero-order valence-electron chi connectivity index (χ0n) is 13.6. The van der Waals surface area contributed by atoms with Gasteiger partial charge in [-0.15, -0.1) is 0 Å². The van der Waals surface area contributed by atoms with Crippen LogP contribution in [0.4, 0.5) is 0 Å². The fraction of sp³-hybridized carbons (Fsp3) is 0.867. The summed E-state index contributed by atoms with van der Waals surface area (Å²) in [6, 6.07) is 1.12. The minimum absolute atomic E-state index is 0.488. The van der Waals surface area contributed by atoms with Gasteiger partial charge in [-0.3, -0.25) is 0 Å². The second kappa shape index (κ2) is 6.46. The summed E-state index contributed by atoms with van der Waals surface area (Å²) in [5.74, 6) is 1.87. The van der Waals surface area contributed by atoms with E-state index in [9.17, 15) is 0 Å². The molecular formula is C15H29N5. The second-order valence-electron chi connectivity index (χ2n) is 6.41. The van der Waals surface area contributed by atoms with Crippen molar-refractivity contribution in [3.63, 3.8) is 0 Å². The van der Waals surface area contributed by atoms with Crippen LogP contribution in [0, 0.1) is 0 Å². The molecule has 0 aliphatic heterocycles. The summed E-state index contributed by atoms with van der Waals surface area (Å²) in [6.45, 7) is 0. The summed E-state index contributed by atoms with van der Waals surface area (Å²) in [6.07, 6.45) is 7.63. The maximum absolute atomic E-state index is 4.89. The van der Waals surface area contributed by atoms with E-state index in [0.717, 1.165) is 11.9 Å². The van der Waals surface area contributed by atoms with Gasteiger partial charge in [-0.05, 0) is 38.5 Å². The normalized spacial score (nSPS) is 19.9. The lowest BCUT2D eigenvalue weighted by Gasteiger charge is -2.37. The summed E-state index contributed by atoms with van der Waals surface area (Å²) in [7, 11) is 10.3. The SMILES string of the molecule is CN(C)C(=NC(=NC1CCC1)N(C)C1CCC1)N(C)C. The molecule has 0 amide bonds. The molecule has 2 aliphatic carbocycles. The monoisotopic (exact) mass is 279 g/mol. The molecule has 0 aromatic rings. The van der Waals surface area contributed by atoms with Gasteiger partial charge in [-0.2, -0.15) is 4.99 Å². The van der Waals surface area contributed by atoms with Crippen LogP contribution in [-0.4, -0.2) is 73.9 Å². The van der Waals surface area contributed by atoms with Crippen molar-refractivity contribution >= 4 is 11.9 Å². The Morgan fingerprint density at radius 1 is 0.850 bits per heavy atom. The summed E-state index contributed by atoms with van der Waals surface area (Å²) in [5.41, 5.74) is 0. The van der Waals surface area contributed by atoms with Crippen molar-refractivity contribution in [2.75, 3.05) is 35.2 Å². The van der Waals surface area contributed by atoms with Crippen LogP contribution in [0.25, 0.3) is 0 Å². The molecule has 0 bridgehead atoms. The van der Waals surface area contributed by atoms with Gasteiger partial charge in [0.1, 0.15) is 0 Å². The molecule has 2 fully saturated rings. The second-order valence-corrected chi connectivity index (χ2v) is 6.41. The number of nitrogens with zero attached hydrogens (tertiary/aromatic N) is 5. The lowest BCUT2D eigenvalue weighted by molar-refractivity contribution is 0.236. The smallest absolute Gasteiger partial charge is 0.224 e. The average Bonchev–Trinajstić information content (AvgIpc) is 2.22. The lowest BCUT2D eigenvalue weighted by atomic mass is 9.92. The third-order valence-corrected chi connectivity index (χ3v) is 4.31. The van der Waals surface area contributed by atoms with Crippen LogP contribution in [0.2, 0.25) is 0 Å². The number of rotatable bonds is 2. The van der Waals surface area contributed by atoms with Crippen LogP contribution in [-0.2, 0) is 0 Å². The Bertz CT molecular complexity index is 368. The van der Waals surface area contributed by atoms with Gasteiger partial charge in [0, 0.05) is 41.3 Å². The first kappa shape index (κ1) is 15.1. The molecule has 0 spiro atoms. The van der Waals surface area contributed by atoms with Crippen molar-refractivity contribution in [1.82, 2.24) is 14.7 Å². The number of hydrogen-bond acceptors (Lipinski definition) is 1. The first-order valence-electron chi connectivity index (χ1n) is 7.73. The molecule has 0 heterocycles. The maximum Gasteiger partial charge on any atom is 0.224 e. The van der Waals surface area contributed by atoms with Gasteiger partial charge < -0.3 is 14.7 Å². The first-order chi connectivity index (χ1) is 9.49. The van der Waals surface area contributed by atoms with E-state index >= 15 is 0 Å². The minimum atomic E-state index is 0.488. The third-order valence-electron chi connectivity index (χ3n) is 4.31. The van der Waals surface area contributed by atoms with E-state index in [1.807, 2.05) is 38.0 Å². The van der Waals surface area contributed by atoms with E-state index in [2.05, 4.69) is 11.9 Å². The molecule has 2 rings (SSSR count). The summed E-state index contributed by atoms with van der Waals surface area (Å²) in [5, 5.41) is 0. The van der Waals surface area contributed by atoms with E-state index in [0.29, 0.717) is 12.1 Å². The van der Waals surface area contributed by atoms with E-state index in [-0.39, 0.29) is 0 Å². The van der Waals surface area contributed by atoms with Crippen molar-refractivity contribution in [1.29, 1.82) is 0 Å². The quantitative estimate of drug-likeness (QED) is 0.571. The van der Waals surface area contributed by atoms with Crippen LogP contribution in [0.1, 0.15) is 38.5 Å². The molecule has 0 saturated heterocycles. The van der Waals surface area contributed by atoms with Gasteiger partial charge in [0.2, 0.25) is 11.9 Å². The first-order valence-corrected chi connectivity index (χ1v) is 7.73. The summed E-state index contributed by atoms with van der Waals surface area (Å²) >= 11 is 0. The molecule has 2 saturated carbocycles. The van der Waals surface area contributed by atoms with E-state index in [1.54, 1.807) is 0 Å². The Morgan fingerprint density at radius 2 is 1.40 bits per heavy atom. The van der Waals surface area contributed by atoms with Gasteiger partial charge in [-0.25, -0.2) is 4.99 Å². The topological polar surface area (TPSA) is 34.4 Å². The molecule has 0 radical (unpaired) electrons. The van der Waals surface area contributed by atoms with Crippen molar-refractivity contribution in [3.8, 4) is 0 Å². The number of guanidine groups is 2. The maximum atomic E-state index is 4.89. The molecule has 20 heavy (non-hydrogen) atoms. The van der Waals surface area contributed by atoms with Crippen LogP contribution in [0.5, 0.6) is 0 Å². The molecule has 0 aromatic heterocycles. The molecule has 0 unspecified atom stereocenters. The van der Waals surface area contributed by atoms with Gasteiger partial charge >= 0.3 is 0 Å². The Morgan fingerprint density at radius 3 is 1.75 bits per heavy atom. The summed E-state index contributed by atoms with van der Waals surface area (Å²) < 4.78 is 0. The Kier molecular flexibility index (Phi) is 4.89. The molecular weight excluding hydrogens is 250 g/mol. The molecule has 0 aromatic carbocycles. The highest BCUT2D eigenvalue weighted by Gasteiger charge is 2.27. The molecule has 5 heteroatoms. The Balaban J connectivity index is 2.20.